The molecule has 0 saturated carbocycles. The average Bonchev–Trinajstić information content (AvgIpc) is 2.92. The Morgan fingerprint density at radius 1 is 1.12 bits per heavy atom. The van der Waals surface area contributed by atoms with Crippen LogP contribution in [0.5, 0.6) is 0 Å². The highest BCUT2D eigenvalue weighted by Gasteiger charge is 2.19. The van der Waals surface area contributed by atoms with E-state index in [0.717, 1.165) is 9.75 Å². The van der Waals surface area contributed by atoms with E-state index in [4.69, 9.17) is 4.74 Å². The number of esters is 1. The second kappa shape index (κ2) is 8.58. The maximum absolute atomic E-state index is 12.2. The Hall–Kier alpha value is -2.47. The molecule has 25 heavy (non-hydrogen) atoms. The molecule has 1 atom stereocenters. The molecule has 5 nitrogen and oxygen atoms in total. The lowest BCUT2D eigenvalue weighted by atomic mass is 10.1. The van der Waals surface area contributed by atoms with Crippen molar-refractivity contribution in [2.24, 2.45) is 0 Å². The summed E-state index contributed by atoms with van der Waals surface area (Å²) in [6.45, 7) is 5.33. The molecule has 0 fully saturated rings. The van der Waals surface area contributed by atoms with Crippen molar-refractivity contribution in [3.8, 4) is 0 Å². The van der Waals surface area contributed by atoms with E-state index in [-0.39, 0.29) is 18.6 Å². The van der Waals surface area contributed by atoms with Gasteiger partial charge < -0.3 is 10.1 Å². The molecule has 1 heterocycles. The molecule has 1 N–H and O–H groups in total. The Balaban J connectivity index is 1.80. The van der Waals surface area contributed by atoms with Crippen LogP contribution in [0.1, 0.15) is 39.9 Å². The van der Waals surface area contributed by atoms with Gasteiger partial charge in [0.15, 0.2) is 11.9 Å². The molecule has 0 unspecified atom stereocenters. The van der Waals surface area contributed by atoms with Crippen molar-refractivity contribution in [2.75, 3.05) is 5.32 Å². The van der Waals surface area contributed by atoms with Crippen molar-refractivity contribution < 1.29 is 19.1 Å². The number of carbonyl (C=O) groups excluding carboxylic acids is 3. The SMILES string of the molecule is Cc1cc(C(=O)CCC(=O)O[C@@H](C)C(=O)Nc2ccccc2)c(C)s1. The second-order valence-corrected chi connectivity index (χ2v) is 7.20. The van der Waals surface area contributed by atoms with Crippen LogP contribution in [0.15, 0.2) is 36.4 Å². The Labute approximate surface area is 151 Å². The minimum absolute atomic E-state index is 0.0455. The Kier molecular flexibility index (Phi) is 6.47. The maximum atomic E-state index is 12.2. The number of benzene rings is 1. The van der Waals surface area contributed by atoms with Crippen molar-refractivity contribution >= 4 is 34.7 Å². The molecule has 132 valence electrons. The zero-order chi connectivity index (χ0) is 18.4. The van der Waals surface area contributed by atoms with Crippen LogP contribution < -0.4 is 5.32 Å². The average molecular weight is 359 g/mol. The lowest BCUT2D eigenvalue weighted by molar-refractivity contribution is -0.153. The first kappa shape index (κ1) is 18.9. The van der Waals surface area contributed by atoms with Crippen LogP contribution in [-0.4, -0.2) is 23.8 Å². The molecule has 1 aromatic heterocycles. The number of ketones is 1. The van der Waals surface area contributed by atoms with E-state index in [1.807, 2.05) is 26.0 Å². The summed E-state index contributed by atoms with van der Waals surface area (Å²) in [7, 11) is 0. The summed E-state index contributed by atoms with van der Waals surface area (Å²) in [5.74, 6) is -1.05. The van der Waals surface area contributed by atoms with Crippen LogP contribution in [0.4, 0.5) is 5.69 Å². The van der Waals surface area contributed by atoms with Crippen molar-refractivity contribution in [3.05, 3.63) is 51.7 Å². The van der Waals surface area contributed by atoms with Crippen molar-refractivity contribution in [1.29, 1.82) is 0 Å². The van der Waals surface area contributed by atoms with Gasteiger partial charge >= 0.3 is 5.97 Å². The van der Waals surface area contributed by atoms with Gasteiger partial charge in [0, 0.05) is 27.4 Å². The fourth-order valence-corrected chi connectivity index (χ4v) is 3.28. The van der Waals surface area contributed by atoms with Gasteiger partial charge in [0.1, 0.15) is 0 Å². The van der Waals surface area contributed by atoms with Crippen LogP contribution in [0.2, 0.25) is 0 Å². The number of hydrogen-bond donors (Lipinski definition) is 1. The molecule has 2 aromatic rings. The number of nitrogens with one attached hydrogen (secondary N) is 1. The zero-order valence-electron chi connectivity index (χ0n) is 14.5. The van der Waals surface area contributed by atoms with E-state index in [0.29, 0.717) is 11.3 Å². The molecule has 6 heteroatoms. The number of anilines is 1. The van der Waals surface area contributed by atoms with Gasteiger partial charge in [0.25, 0.3) is 5.91 Å². The molecule has 2 rings (SSSR count). The van der Waals surface area contributed by atoms with Gasteiger partial charge in [0.2, 0.25) is 0 Å². The molecule has 0 spiro atoms. The first-order valence-corrected chi connectivity index (χ1v) is 8.84. The molecule has 0 aliphatic heterocycles. The molecule has 1 amide bonds. The van der Waals surface area contributed by atoms with E-state index in [2.05, 4.69) is 5.32 Å². The molecule has 0 bridgehead atoms. The summed E-state index contributed by atoms with van der Waals surface area (Å²) in [4.78, 5) is 38.1. The number of amides is 1. The van der Waals surface area contributed by atoms with Crippen LogP contribution >= 0.6 is 11.3 Å². The predicted molar refractivity (Wildman–Crippen MR) is 98.0 cm³/mol. The lowest BCUT2D eigenvalue weighted by Crippen LogP contribution is -2.30. The molecular weight excluding hydrogens is 338 g/mol. The lowest BCUT2D eigenvalue weighted by Gasteiger charge is -2.13. The van der Waals surface area contributed by atoms with Crippen molar-refractivity contribution in [1.82, 2.24) is 0 Å². The number of aryl methyl sites for hydroxylation is 2. The van der Waals surface area contributed by atoms with E-state index in [1.165, 1.54) is 6.92 Å². The molecule has 1 aromatic carbocycles. The van der Waals surface area contributed by atoms with Crippen molar-refractivity contribution in [3.63, 3.8) is 0 Å². The standard InChI is InChI=1S/C19H21NO4S/c1-12-11-16(14(3)25-12)17(21)9-10-18(22)24-13(2)19(23)20-15-7-5-4-6-8-15/h4-8,11,13H,9-10H2,1-3H3,(H,20,23)/t13-/m0/s1. The molecule has 0 radical (unpaired) electrons. The maximum Gasteiger partial charge on any atom is 0.307 e. The van der Waals surface area contributed by atoms with Crippen LogP contribution in [0.3, 0.4) is 0 Å². The summed E-state index contributed by atoms with van der Waals surface area (Å²) in [5, 5.41) is 2.67. The van der Waals surface area contributed by atoms with Gasteiger partial charge in [-0.05, 0) is 39.0 Å². The largest absolute Gasteiger partial charge is 0.453 e. The summed E-state index contributed by atoms with van der Waals surface area (Å²) in [5.41, 5.74) is 1.29. The first-order valence-electron chi connectivity index (χ1n) is 8.02. The highest BCUT2D eigenvalue weighted by molar-refractivity contribution is 7.12. The van der Waals surface area contributed by atoms with Gasteiger partial charge in [0.05, 0.1) is 6.42 Å². The number of para-hydroxylation sites is 1. The minimum Gasteiger partial charge on any atom is -0.453 e. The second-order valence-electron chi connectivity index (χ2n) is 5.74. The molecule has 0 aliphatic carbocycles. The quantitative estimate of drug-likeness (QED) is 0.601. The van der Waals surface area contributed by atoms with Crippen LogP contribution in [0, 0.1) is 13.8 Å². The van der Waals surface area contributed by atoms with Gasteiger partial charge in [-0.15, -0.1) is 11.3 Å². The third kappa shape index (κ3) is 5.53. The molecule has 0 aliphatic rings. The first-order chi connectivity index (χ1) is 11.9. The summed E-state index contributed by atoms with van der Waals surface area (Å²) >= 11 is 1.56. The molecule has 0 saturated heterocycles. The fourth-order valence-electron chi connectivity index (χ4n) is 2.33. The van der Waals surface area contributed by atoms with Gasteiger partial charge in [-0.1, -0.05) is 18.2 Å². The van der Waals surface area contributed by atoms with E-state index in [1.54, 1.807) is 35.6 Å². The predicted octanol–water partition coefficient (Wildman–Crippen LogP) is 3.90. The summed E-state index contributed by atoms with van der Waals surface area (Å²) < 4.78 is 5.11. The van der Waals surface area contributed by atoms with Crippen LogP contribution in [-0.2, 0) is 14.3 Å². The number of hydrogen-bond acceptors (Lipinski definition) is 5. The Bertz CT molecular complexity index is 767. The highest BCUT2D eigenvalue weighted by atomic mass is 32.1. The van der Waals surface area contributed by atoms with Crippen molar-refractivity contribution in [2.45, 2.75) is 39.7 Å². The normalized spacial score (nSPS) is 11.6. The monoisotopic (exact) mass is 359 g/mol. The number of carbonyl (C=O) groups is 3. The van der Waals surface area contributed by atoms with E-state index >= 15 is 0 Å². The summed E-state index contributed by atoms with van der Waals surface area (Å²) in [6.07, 6.45) is -0.896. The van der Waals surface area contributed by atoms with Gasteiger partial charge in [-0.3, -0.25) is 14.4 Å². The van der Waals surface area contributed by atoms with Crippen LogP contribution in [0.25, 0.3) is 0 Å². The third-order valence-corrected chi connectivity index (χ3v) is 4.58. The Morgan fingerprint density at radius 2 is 1.80 bits per heavy atom. The minimum atomic E-state index is -0.923. The third-order valence-electron chi connectivity index (χ3n) is 3.62. The number of ether oxygens (including phenoxy) is 1. The number of rotatable bonds is 7. The topological polar surface area (TPSA) is 72.5 Å². The van der Waals surface area contributed by atoms with Gasteiger partial charge in [-0.2, -0.15) is 0 Å². The van der Waals surface area contributed by atoms with E-state index < -0.39 is 18.0 Å². The highest BCUT2D eigenvalue weighted by Crippen LogP contribution is 2.22. The van der Waals surface area contributed by atoms with Gasteiger partial charge in [-0.25, -0.2) is 0 Å². The molecular formula is C19H21NO4S. The number of Topliss-reactive ketones (excluding diaryl/α,β-unsaturated/α-hetero) is 1. The zero-order valence-corrected chi connectivity index (χ0v) is 15.3. The smallest absolute Gasteiger partial charge is 0.307 e. The summed E-state index contributed by atoms with van der Waals surface area (Å²) in [6, 6.07) is 10.8. The Morgan fingerprint density at radius 3 is 2.40 bits per heavy atom. The number of thiophene rings is 1. The van der Waals surface area contributed by atoms with E-state index in [9.17, 15) is 14.4 Å². The fraction of sp³-hybridized carbons (Fsp3) is 0.316.